The fourth-order valence-corrected chi connectivity index (χ4v) is 5.31. The van der Waals surface area contributed by atoms with Gasteiger partial charge in [0, 0.05) is 17.6 Å². The van der Waals surface area contributed by atoms with E-state index in [-0.39, 0.29) is 19.1 Å². The number of carbonyl (C=O) groups is 1. The van der Waals surface area contributed by atoms with Crippen LogP contribution < -0.4 is 5.90 Å². The smallest absolute Gasteiger partial charge is 0.324 e. The Morgan fingerprint density at radius 3 is 2.71 bits per heavy atom. The molecule has 1 heterocycles. The minimum atomic E-state index is -0.631. The van der Waals surface area contributed by atoms with Gasteiger partial charge >= 0.3 is 5.97 Å². The maximum atomic E-state index is 11.5. The van der Waals surface area contributed by atoms with Crippen LogP contribution in [0.15, 0.2) is 36.4 Å². The van der Waals surface area contributed by atoms with Crippen LogP contribution in [0.2, 0.25) is 15.1 Å². The SMILES string of the molecule is CC[C@@H](OC[C@H](O)CN1CCC[C@H]1Cc1ccc(Cl)c(Cl)c1)c1cccc(Cl)c1CCC(=O)ON. The molecule has 3 N–H and O–H groups in total. The van der Waals surface area contributed by atoms with Crippen LogP contribution in [0.4, 0.5) is 0 Å². The van der Waals surface area contributed by atoms with Crippen molar-refractivity contribution < 1.29 is 19.5 Å². The summed E-state index contributed by atoms with van der Waals surface area (Å²) in [4.78, 5) is 18.1. The molecule has 3 atom stereocenters. The Balaban J connectivity index is 1.58. The lowest BCUT2D eigenvalue weighted by molar-refractivity contribution is -0.144. The van der Waals surface area contributed by atoms with Gasteiger partial charge in [0.05, 0.1) is 35.3 Å². The molecule has 0 aliphatic carbocycles. The van der Waals surface area contributed by atoms with Gasteiger partial charge in [0.1, 0.15) is 0 Å². The topological polar surface area (TPSA) is 85.0 Å². The zero-order valence-electron chi connectivity index (χ0n) is 19.9. The van der Waals surface area contributed by atoms with Gasteiger partial charge in [-0.05, 0) is 73.5 Å². The van der Waals surface area contributed by atoms with Crippen LogP contribution >= 0.6 is 34.8 Å². The Labute approximate surface area is 222 Å². The number of carbonyl (C=O) groups excluding carboxylic acids is 1. The molecule has 0 unspecified atom stereocenters. The van der Waals surface area contributed by atoms with E-state index in [9.17, 15) is 9.90 Å². The molecule has 6 nitrogen and oxygen atoms in total. The van der Waals surface area contributed by atoms with Gasteiger partial charge in [-0.15, -0.1) is 0 Å². The first-order valence-corrected chi connectivity index (χ1v) is 13.1. The van der Waals surface area contributed by atoms with Crippen molar-refractivity contribution in [2.45, 2.75) is 63.7 Å². The summed E-state index contributed by atoms with van der Waals surface area (Å²) in [6.45, 7) is 3.69. The normalized spacial score (nSPS) is 17.9. The van der Waals surface area contributed by atoms with Gasteiger partial charge in [0.2, 0.25) is 0 Å². The van der Waals surface area contributed by atoms with Gasteiger partial charge in [-0.25, -0.2) is 0 Å². The van der Waals surface area contributed by atoms with Crippen LogP contribution in [0.5, 0.6) is 0 Å². The van der Waals surface area contributed by atoms with Crippen molar-refractivity contribution in [3.8, 4) is 0 Å². The minimum absolute atomic E-state index is 0.126. The minimum Gasteiger partial charge on any atom is -0.389 e. The average Bonchev–Trinajstić information content (AvgIpc) is 3.27. The fourth-order valence-electron chi connectivity index (χ4n) is 4.71. The number of nitrogens with zero attached hydrogens (tertiary/aromatic N) is 1. The van der Waals surface area contributed by atoms with Gasteiger partial charge < -0.3 is 14.7 Å². The molecule has 1 saturated heterocycles. The summed E-state index contributed by atoms with van der Waals surface area (Å²) in [6.07, 6.45) is 3.37. The molecule has 0 spiro atoms. The van der Waals surface area contributed by atoms with Crippen LogP contribution in [-0.4, -0.2) is 47.8 Å². The highest BCUT2D eigenvalue weighted by Crippen LogP contribution is 2.31. The average molecular weight is 544 g/mol. The highest BCUT2D eigenvalue weighted by Gasteiger charge is 2.27. The van der Waals surface area contributed by atoms with Crippen molar-refractivity contribution in [3.63, 3.8) is 0 Å². The number of hydrogen-bond acceptors (Lipinski definition) is 6. The molecule has 1 aliphatic heterocycles. The molecule has 2 aromatic rings. The largest absolute Gasteiger partial charge is 0.389 e. The molecule has 0 saturated carbocycles. The van der Waals surface area contributed by atoms with Crippen molar-refractivity contribution in [2.24, 2.45) is 5.90 Å². The third kappa shape index (κ3) is 8.05. The summed E-state index contributed by atoms with van der Waals surface area (Å²) in [5, 5.41) is 12.5. The second kappa shape index (κ2) is 13.8. The number of benzene rings is 2. The first-order valence-electron chi connectivity index (χ1n) is 12.0. The van der Waals surface area contributed by atoms with Crippen LogP contribution in [0.1, 0.15) is 55.4 Å². The number of likely N-dealkylation sites (tertiary alicyclic amines) is 1. The van der Waals surface area contributed by atoms with E-state index >= 15 is 0 Å². The second-order valence-electron chi connectivity index (χ2n) is 8.93. The van der Waals surface area contributed by atoms with Gasteiger partial charge in [0.25, 0.3) is 0 Å². The zero-order valence-corrected chi connectivity index (χ0v) is 22.2. The maximum absolute atomic E-state index is 11.5. The molecule has 192 valence electrons. The van der Waals surface area contributed by atoms with Crippen LogP contribution in [0, 0.1) is 0 Å². The van der Waals surface area contributed by atoms with Crippen LogP contribution in [0.3, 0.4) is 0 Å². The summed E-state index contributed by atoms with van der Waals surface area (Å²) in [7, 11) is 0. The molecule has 0 amide bonds. The third-order valence-electron chi connectivity index (χ3n) is 6.47. The van der Waals surface area contributed by atoms with E-state index in [0.29, 0.717) is 40.5 Å². The van der Waals surface area contributed by atoms with E-state index in [1.54, 1.807) is 6.07 Å². The zero-order chi connectivity index (χ0) is 25.4. The highest BCUT2D eigenvalue weighted by molar-refractivity contribution is 6.42. The molecule has 0 bridgehead atoms. The maximum Gasteiger partial charge on any atom is 0.324 e. The molecule has 9 heteroatoms. The lowest BCUT2D eigenvalue weighted by atomic mass is 9.97. The summed E-state index contributed by atoms with van der Waals surface area (Å²) >= 11 is 18.6. The summed E-state index contributed by atoms with van der Waals surface area (Å²) in [5.41, 5.74) is 2.89. The molecular weight excluding hydrogens is 511 g/mol. The summed E-state index contributed by atoms with van der Waals surface area (Å²) < 4.78 is 6.15. The van der Waals surface area contributed by atoms with Crippen molar-refractivity contribution >= 4 is 40.8 Å². The number of β-amino-alcohol motifs (C(OH)–C–C–N with tert-alkyl or cyclic N) is 1. The number of ether oxygens (including phenoxy) is 1. The van der Waals surface area contributed by atoms with Crippen molar-refractivity contribution in [2.75, 3.05) is 19.7 Å². The van der Waals surface area contributed by atoms with Crippen molar-refractivity contribution in [1.82, 2.24) is 4.90 Å². The molecule has 0 aromatic heterocycles. The van der Waals surface area contributed by atoms with E-state index in [4.69, 9.17) is 45.4 Å². The van der Waals surface area contributed by atoms with Gasteiger partial charge in [-0.3, -0.25) is 9.69 Å². The molecule has 0 radical (unpaired) electrons. The predicted octanol–water partition coefficient (Wildman–Crippen LogP) is 5.53. The first-order chi connectivity index (χ1) is 16.8. The van der Waals surface area contributed by atoms with Crippen LogP contribution in [0.25, 0.3) is 0 Å². The van der Waals surface area contributed by atoms with Crippen molar-refractivity contribution in [3.05, 3.63) is 68.2 Å². The number of halogens is 3. The highest BCUT2D eigenvalue weighted by atomic mass is 35.5. The monoisotopic (exact) mass is 542 g/mol. The first kappa shape index (κ1) is 28.2. The van der Waals surface area contributed by atoms with Gasteiger partial charge in [-0.2, -0.15) is 5.90 Å². The molecule has 1 aliphatic rings. The number of aliphatic hydroxyl groups is 1. The quantitative estimate of drug-likeness (QED) is 0.342. The number of aliphatic hydroxyl groups excluding tert-OH is 1. The van der Waals surface area contributed by atoms with E-state index in [2.05, 4.69) is 9.74 Å². The summed E-state index contributed by atoms with van der Waals surface area (Å²) in [5.74, 6) is 4.46. The molecule has 3 rings (SSSR count). The summed E-state index contributed by atoms with van der Waals surface area (Å²) in [6, 6.07) is 11.7. The van der Waals surface area contributed by atoms with E-state index < -0.39 is 12.1 Å². The van der Waals surface area contributed by atoms with Gasteiger partial charge in [-0.1, -0.05) is 59.9 Å². The van der Waals surface area contributed by atoms with E-state index in [1.807, 2.05) is 37.3 Å². The van der Waals surface area contributed by atoms with E-state index in [0.717, 1.165) is 42.5 Å². The number of rotatable bonds is 12. The molecule has 2 aromatic carbocycles. The molecule has 35 heavy (non-hydrogen) atoms. The Morgan fingerprint density at radius 2 is 2.00 bits per heavy atom. The van der Waals surface area contributed by atoms with Gasteiger partial charge in [0.15, 0.2) is 0 Å². The predicted molar refractivity (Wildman–Crippen MR) is 140 cm³/mol. The Bertz CT molecular complexity index is 991. The fraction of sp³-hybridized carbons (Fsp3) is 0.500. The second-order valence-corrected chi connectivity index (χ2v) is 10.1. The Kier molecular flexibility index (Phi) is 11.1. The Morgan fingerprint density at radius 1 is 1.20 bits per heavy atom. The third-order valence-corrected chi connectivity index (χ3v) is 7.57. The number of nitrogens with two attached hydrogens (primary N) is 1. The van der Waals surface area contributed by atoms with E-state index in [1.165, 1.54) is 0 Å². The number of hydrogen-bond donors (Lipinski definition) is 2. The van der Waals surface area contributed by atoms with Crippen molar-refractivity contribution in [1.29, 1.82) is 0 Å². The lowest BCUT2D eigenvalue weighted by Gasteiger charge is -2.28. The van der Waals surface area contributed by atoms with Crippen LogP contribution in [-0.2, 0) is 27.2 Å². The molecule has 1 fully saturated rings. The standard InChI is InChI=1S/C26H33Cl3N2O4/c1-2-25(21-6-3-7-22(27)20(21)9-11-26(33)35-30)34-16-19(32)15-31-12-4-5-18(31)13-17-8-10-23(28)24(29)14-17/h3,6-8,10,14,18-19,25,32H,2,4-5,9,11-13,15-16,30H2,1H3/t18-,19+,25+/m0/s1. The molecular formula is C26H33Cl3N2O4. The lowest BCUT2D eigenvalue weighted by Crippen LogP contribution is -2.39. The Hall–Kier alpha value is -1.38.